The highest BCUT2D eigenvalue weighted by atomic mass is 19.4. The number of rotatable bonds is 6. The molecule has 1 aliphatic rings. The Morgan fingerprint density at radius 3 is 2.20 bits per heavy atom. The number of fused-ring (bicyclic) bond motifs is 1. The number of halogens is 4. The summed E-state index contributed by atoms with van der Waals surface area (Å²) < 4.78 is 59.0. The van der Waals surface area contributed by atoms with E-state index in [0.29, 0.717) is 22.3 Å². The number of carbonyl (C=O) groups is 2. The zero-order valence-electron chi connectivity index (χ0n) is 25.1. The fraction of sp³-hybridized carbons (Fsp3) is 0.364. The van der Waals surface area contributed by atoms with Gasteiger partial charge < -0.3 is 20.4 Å². The molecule has 3 heterocycles. The van der Waals surface area contributed by atoms with Crippen LogP contribution in [0.2, 0.25) is 0 Å². The molecule has 11 heteroatoms. The van der Waals surface area contributed by atoms with Crippen molar-refractivity contribution in [1.29, 1.82) is 0 Å². The maximum absolute atomic E-state index is 13.5. The Hall–Kier alpha value is -4.25. The molecule has 44 heavy (non-hydrogen) atoms. The van der Waals surface area contributed by atoms with Crippen molar-refractivity contribution in [3.63, 3.8) is 0 Å². The van der Waals surface area contributed by atoms with Crippen LogP contribution in [0.5, 0.6) is 0 Å². The average molecular weight is 613 g/mol. The third-order valence-corrected chi connectivity index (χ3v) is 6.85. The fourth-order valence-corrected chi connectivity index (χ4v) is 4.78. The number of amides is 2. The molecule has 5 rings (SSSR count). The van der Waals surface area contributed by atoms with E-state index < -0.39 is 36.3 Å². The first-order chi connectivity index (χ1) is 20.8. The first-order valence-electron chi connectivity index (χ1n) is 14.4. The first-order valence-corrected chi connectivity index (χ1v) is 14.4. The SMILES string of the molecule is C1CCNC1.CNC(=O)c1c(-c2ccc(F)cc2)oc2nc(CCC(F)(F)F)c(-c3cccc(C(=O)NC(C)(C)C)c3)cc12. The minimum atomic E-state index is -4.43. The van der Waals surface area contributed by atoms with Gasteiger partial charge >= 0.3 is 6.18 Å². The molecular weight excluding hydrogens is 576 g/mol. The number of alkyl halides is 3. The molecule has 0 radical (unpaired) electrons. The Morgan fingerprint density at radius 1 is 0.955 bits per heavy atom. The van der Waals surface area contributed by atoms with Crippen LogP contribution < -0.4 is 16.0 Å². The largest absolute Gasteiger partial charge is 0.437 e. The van der Waals surface area contributed by atoms with Gasteiger partial charge in [0.25, 0.3) is 11.8 Å². The van der Waals surface area contributed by atoms with Gasteiger partial charge in [0.2, 0.25) is 5.71 Å². The van der Waals surface area contributed by atoms with E-state index in [0.717, 1.165) is 0 Å². The summed E-state index contributed by atoms with van der Waals surface area (Å²) in [6, 6.07) is 13.3. The number of benzene rings is 2. The molecule has 1 saturated heterocycles. The quantitative estimate of drug-likeness (QED) is 0.203. The lowest BCUT2D eigenvalue weighted by Gasteiger charge is -2.20. The molecule has 2 aromatic heterocycles. The second-order valence-electron chi connectivity index (χ2n) is 11.6. The van der Waals surface area contributed by atoms with Crippen LogP contribution in [0, 0.1) is 5.82 Å². The van der Waals surface area contributed by atoms with Gasteiger partial charge in [-0.2, -0.15) is 13.2 Å². The summed E-state index contributed by atoms with van der Waals surface area (Å²) in [6.45, 7) is 8.00. The van der Waals surface area contributed by atoms with Crippen molar-refractivity contribution in [3.05, 3.63) is 77.2 Å². The van der Waals surface area contributed by atoms with Gasteiger partial charge in [-0.3, -0.25) is 9.59 Å². The van der Waals surface area contributed by atoms with Gasteiger partial charge in [0.05, 0.1) is 16.6 Å². The molecule has 0 aliphatic carbocycles. The molecule has 0 bridgehead atoms. The minimum Gasteiger partial charge on any atom is -0.437 e. The number of aromatic nitrogens is 1. The van der Waals surface area contributed by atoms with Crippen molar-refractivity contribution in [1.82, 2.24) is 20.9 Å². The topological polar surface area (TPSA) is 96.3 Å². The Labute approximate surface area is 253 Å². The molecule has 0 unspecified atom stereocenters. The maximum Gasteiger partial charge on any atom is 0.389 e. The van der Waals surface area contributed by atoms with Gasteiger partial charge in [0, 0.05) is 35.7 Å². The number of furan rings is 1. The van der Waals surface area contributed by atoms with Crippen molar-refractivity contribution in [2.45, 2.75) is 58.2 Å². The molecule has 0 atom stereocenters. The second kappa shape index (κ2) is 13.6. The Morgan fingerprint density at radius 2 is 1.64 bits per heavy atom. The normalized spacial score (nSPS) is 13.4. The molecule has 0 spiro atoms. The molecular formula is C33H36F4N4O3. The number of aryl methyl sites for hydroxylation is 1. The van der Waals surface area contributed by atoms with Crippen molar-refractivity contribution in [2.75, 3.05) is 20.1 Å². The zero-order valence-corrected chi connectivity index (χ0v) is 25.1. The van der Waals surface area contributed by atoms with Crippen LogP contribution in [0.1, 0.15) is 66.4 Å². The van der Waals surface area contributed by atoms with Crippen LogP contribution >= 0.6 is 0 Å². The van der Waals surface area contributed by atoms with E-state index in [1.165, 1.54) is 57.2 Å². The van der Waals surface area contributed by atoms with Crippen molar-refractivity contribution in [3.8, 4) is 22.5 Å². The molecule has 7 nitrogen and oxygen atoms in total. The molecule has 1 aliphatic heterocycles. The first kappa shape index (κ1) is 32.7. The Balaban J connectivity index is 0.000000802. The number of hydrogen-bond acceptors (Lipinski definition) is 5. The van der Waals surface area contributed by atoms with Crippen molar-refractivity contribution < 1.29 is 31.6 Å². The standard InChI is InChI=1S/C29H27F4N3O3.C4H9N/c1-28(2,3)36-25(37)18-7-5-6-17(14-18)20-15-21-23(26(38)34-4)24(16-8-10-19(30)11-9-16)39-27(21)35-22(20)12-13-29(31,32)33;1-2-4-5-3-1/h5-11,14-15H,12-13H2,1-4H3,(H,34,38)(H,36,37);5H,1-4H2. The van der Waals surface area contributed by atoms with Crippen LogP contribution in [0.25, 0.3) is 33.6 Å². The predicted molar refractivity (Wildman–Crippen MR) is 162 cm³/mol. The summed E-state index contributed by atoms with van der Waals surface area (Å²) in [6.07, 6.45) is -3.23. The number of hydrogen-bond donors (Lipinski definition) is 3. The Kier molecular flexibility index (Phi) is 10.1. The number of pyridine rings is 1. The summed E-state index contributed by atoms with van der Waals surface area (Å²) in [5.74, 6) is -1.24. The van der Waals surface area contributed by atoms with Crippen LogP contribution in [0.15, 0.2) is 59.0 Å². The number of carbonyl (C=O) groups excluding carboxylic acids is 2. The average Bonchev–Trinajstić information content (AvgIpc) is 3.66. The van der Waals surface area contributed by atoms with Gasteiger partial charge in [-0.25, -0.2) is 9.37 Å². The lowest BCUT2D eigenvalue weighted by atomic mass is 9.96. The molecule has 234 valence electrons. The van der Waals surface area contributed by atoms with Crippen molar-refractivity contribution in [2.24, 2.45) is 0 Å². The summed E-state index contributed by atoms with van der Waals surface area (Å²) >= 11 is 0. The monoisotopic (exact) mass is 612 g/mol. The van der Waals surface area contributed by atoms with Crippen LogP contribution in [0.3, 0.4) is 0 Å². The van der Waals surface area contributed by atoms with Gasteiger partial charge in [-0.1, -0.05) is 12.1 Å². The van der Waals surface area contributed by atoms with E-state index in [1.54, 1.807) is 30.3 Å². The van der Waals surface area contributed by atoms with Gasteiger partial charge in [-0.15, -0.1) is 0 Å². The van der Waals surface area contributed by atoms with Gasteiger partial charge in [0.1, 0.15) is 11.6 Å². The highest BCUT2D eigenvalue weighted by Gasteiger charge is 2.29. The summed E-state index contributed by atoms with van der Waals surface area (Å²) in [4.78, 5) is 30.1. The Bertz CT molecular complexity index is 1610. The van der Waals surface area contributed by atoms with E-state index in [-0.39, 0.29) is 34.0 Å². The fourth-order valence-electron chi connectivity index (χ4n) is 4.78. The lowest BCUT2D eigenvalue weighted by Crippen LogP contribution is -2.40. The second-order valence-corrected chi connectivity index (χ2v) is 11.6. The third kappa shape index (κ3) is 8.43. The molecule has 0 saturated carbocycles. The van der Waals surface area contributed by atoms with E-state index >= 15 is 0 Å². The van der Waals surface area contributed by atoms with Crippen LogP contribution in [-0.2, 0) is 6.42 Å². The summed E-state index contributed by atoms with van der Waals surface area (Å²) in [5, 5.41) is 8.90. The van der Waals surface area contributed by atoms with Gasteiger partial charge in [-0.05, 0) is 101 Å². The van der Waals surface area contributed by atoms with Crippen LogP contribution in [0.4, 0.5) is 17.6 Å². The maximum atomic E-state index is 13.5. The van der Waals surface area contributed by atoms with E-state index in [1.807, 2.05) is 20.8 Å². The van der Waals surface area contributed by atoms with E-state index in [2.05, 4.69) is 20.9 Å². The highest BCUT2D eigenvalue weighted by Crippen LogP contribution is 2.37. The molecule has 3 N–H and O–H groups in total. The molecule has 2 aromatic carbocycles. The smallest absolute Gasteiger partial charge is 0.389 e. The predicted octanol–water partition coefficient (Wildman–Crippen LogP) is 7.05. The zero-order chi connectivity index (χ0) is 32.1. The van der Waals surface area contributed by atoms with Gasteiger partial charge in [0.15, 0.2) is 0 Å². The highest BCUT2D eigenvalue weighted by molar-refractivity contribution is 6.11. The minimum absolute atomic E-state index is 0.0320. The van der Waals surface area contributed by atoms with E-state index in [9.17, 15) is 27.2 Å². The molecule has 2 amide bonds. The van der Waals surface area contributed by atoms with Crippen molar-refractivity contribution >= 4 is 22.9 Å². The summed E-state index contributed by atoms with van der Waals surface area (Å²) in [7, 11) is 1.43. The lowest BCUT2D eigenvalue weighted by molar-refractivity contribution is -0.134. The number of nitrogens with one attached hydrogen (secondary N) is 3. The van der Waals surface area contributed by atoms with E-state index in [4.69, 9.17) is 4.42 Å². The molecule has 4 aromatic rings. The third-order valence-electron chi connectivity index (χ3n) is 6.85. The summed E-state index contributed by atoms with van der Waals surface area (Å²) in [5.41, 5.74) is 1.16. The van der Waals surface area contributed by atoms with Crippen LogP contribution in [-0.4, -0.2) is 48.7 Å². The molecule has 1 fully saturated rings. The number of nitrogens with zero attached hydrogens (tertiary/aromatic N) is 1.